The summed E-state index contributed by atoms with van der Waals surface area (Å²) in [5.74, 6) is 2.84. The number of hydrogen-bond acceptors (Lipinski definition) is 1. The van der Waals surface area contributed by atoms with Crippen molar-refractivity contribution >= 4 is 5.78 Å². The zero-order chi connectivity index (χ0) is 14.7. The van der Waals surface area contributed by atoms with Crippen LogP contribution in [0.25, 0.3) is 0 Å². The van der Waals surface area contributed by atoms with Gasteiger partial charge in [0.2, 0.25) is 0 Å². The zero-order valence-electron chi connectivity index (χ0n) is 14.0. The lowest BCUT2D eigenvalue weighted by molar-refractivity contribution is -0.117. The smallest absolute Gasteiger partial charge is 0.129 e. The number of carbonyl (C=O) groups excluding carboxylic acids is 1. The molecule has 0 heterocycles. The minimum atomic E-state index is 0.338. The van der Waals surface area contributed by atoms with E-state index < -0.39 is 0 Å². The third-order valence-electron chi connectivity index (χ3n) is 4.47. The monoisotopic (exact) mass is 268 g/mol. The maximum absolute atomic E-state index is 10.9. The van der Waals surface area contributed by atoms with Gasteiger partial charge in [0, 0.05) is 6.42 Å². The van der Waals surface area contributed by atoms with Crippen LogP contribution in [0.4, 0.5) is 0 Å². The van der Waals surface area contributed by atoms with Gasteiger partial charge in [-0.2, -0.15) is 0 Å². The van der Waals surface area contributed by atoms with E-state index in [1.54, 1.807) is 6.92 Å². The average molecular weight is 268 g/mol. The Morgan fingerprint density at radius 1 is 0.789 bits per heavy atom. The fourth-order valence-electron chi connectivity index (χ4n) is 2.57. The summed E-state index contributed by atoms with van der Waals surface area (Å²) in [4.78, 5) is 10.9. The molecule has 0 aromatic heterocycles. The summed E-state index contributed by atoms with van der Waals surface area (Å²) < 4.78 is 0. The summed E-state index contributed by atoms with van der Waals surface area (Å²) in [6.07, 6.45) is 11.4. The molecule has 0 aliphatic carbocycles. The van der Waals surface area contributed by atoms with Gasteiger partial charge in [0.25, 0.3) is 0 Å². The second kappa shape index (κ2) is 11.5. The molecule has 19 heavy (non-hydrogen) atoms. The maximum atomic E-state index is 10.9. The molecule has 0 fully saturated rings. The van der Waals surface area contributed by atoms with E-state index in [2.05, 4.69) is 27.7 Å². The first-order valence-corrected chi connectivity index (χ1v) is 8.45. The lowest BCUT2D eigenvalue weighted by Crippen LogP contribution is -2.02. The van der Waals surface area contributed by atoms with Gasteiger partial charge in [-0.1, -0.05) is 72.6 Å². The summed E-state index contributed by atoms with van der Waals surface area (Å²) in [5.41, 5.74) is 0. The number of rotatable bonds is 12. The van der Waals surface area contributed by atoms with Gasteiger partial charge in [-0.15, -0.1) is 0 Å². The van der Waals surface area contributed by atoms with E-state index in [0.717, 1.165) is 30.6 Å². The highest BCUT2D eigenvalue weighted by Crippen LogP contribution is 2.21. The van der Waals surface area contributed by atoms with Crippen LogP contribution in [0.3, 0.4) is 0 Å². The van der Waals surface area contributed by atoms with Gasteiger partial charge in [0.15, 0.2) is 0 Å². The highest BCUT2D eigenvalue weighted by molar-refractivity contribution is 5.75. The molecule has 0 radical (unpaired) electrons. The second-order valence-electron chi connectivity index (χ2n) is 6.83. The third kappa shape index (κ3) is 12.4. The van der Waals surface area contributed by atoms with Gasteiger partial charge >= 0.3 is 0 Å². The van der Waals surface area contributed by atoms with E-state index in [4.69, 9.17) is 0 Å². The van der Waals surface area contributed by atoms with Gasteiger partial charge in [0.1, 0.15) is 5.78 Å². The van der Waals surface area contributed by atoms with Crippen molar-refractivity contribution < 1.29 is 4.79 Å². The Bertz CT molecular complexity index is 222. The molecule has 0 aliphatic rings. The topological polar surface area (TPSA) is 17.1 Å². The van der Waals surface area contributed by atoms with Crippen molar-refractivity contribution in [1.82, 2.24) is 0 Å². The van der Waals surface area contributed by atoms with Crippen molar-refractivity contribution in [2.75, 3.05) is 0 Å². The summed E-state index contributed by atoms with van der Waals surface area (Å²) in [7, 11) is 0. The van der Waals surface area contributed by atoms with Gasteiger partial charge in [-0.25, -0.2) is 0 Å². The summed E-state index contributed by atoms with van der Waals surface area (Å²) >= 11 is 0. The highest BCUT2D eigenvalue weighted by Gasteiger charge is 2.07. The largest absolute Gasteiger partial charge is 0.300 e. The lowest BCUT2D eigenvalue weighted by atomic mass is 9.91. The highest BCUT2D eigenvalue weighted by atomic mass is 16.1. The molecule has 1 heteroatoms. The third-order valence-corrected chi connectivity index (χ3v) is 4.47. The van der Waals surface area contributed by atoms with Gasteiger partial charge in [-0.3, -0.25) is 0 Å². The molecule has 0 amide bonds. The Hall–Kier alpha value is -0.330. The first-order chi connectivity index (χ1) is 8.95. The van der Waals surface area contributed by atoms with E-state index in [9.17, 15) is 4.79 Å². The SMILES string of the molecule is CCC(C)CCCC(C)CCCC(C)CCC(C)=O. The Morgan fingerprint density at radius 3 is 1.63 bits per heavy atom. The van der Waals surface area contributed by atoms with Crippen LogP contribution in [0.2, 0.25) is 0 Å². The standard InChI is InChI=1S/C18H36O/c1-6-15(2)9-7-10-16(3)11-8-12-17(4)13-14-18(5)19/h15-17H,6-14H2,1-5H3. The fraction of sp³-hybridized carbons (Fsp3) is 0.944. The Labute approximate surface area is 121 Å². The van der Waals surface area contributed by atoms with Crippen LogP contribution in [-0.4, -0.2) is 5.78 Å². The Balaban J connectivity index is 3.46. The molecule has 3 atom stereocenters. The van der Waals surface area contributed by atoms with Crippen LogP contribution >= 0.6 is 0 Å². The first-order valence-electron chi connectivity index (χ1n) is 8.45. The van der Waals surface area contributed by atoms with Crippen LogP contribution in [-0.2, 0) is 4.79 Å². The predicted molar refractivity (Wildman–Crippen MR) is 85.4 cm³/mol. The molecule has 1 nitrogen and oxygen atoms in total. The molecule has 0 saturated carbocycles. The number of hydrogen-bond donors (Lipinski definition) is 0. The lowest BCUT2D eigenvalue weighted by Gasteiger charge is -2.15. The molecule has 0 spiro atoms. The van der Waals surface area contributed by atoms with Crippen LogP contribution in [0.15, 0.2) is 0 Å². The molecule has 114 valence electrons. The van der Waals surface area contributed by atoms with Crippen molar-refractivity contribution in [3.63, 3.8) is 0 Å². The van der Waals surface area contributed by atoms with Gasteiger partial charge in [-0.05, 0) is 31.1 Å². The average Bonchev–Trinajstić information content (AvgIpc) is 2.36. The molecular formula is C18H36O. The van der Waals surface area contributed by atoms with Gasteiger partial charge < -0.3 is 4.79 Å². The number of Topliss-reactive ketones (excluding diaryl/α,β-unsaturated/α-hetero) is 1. The first kappa shape index (κ1) is 18.7. The number of ketones is 1. The second-order valence-corrected chi connectivity index (χ2v) is 6.83. The summed E-state index contributed by atoms with van der Waals surface area (Å²) in [5, 5.41) is 0. The van der Waals surface area contributed by atoms with Crippen molar-refractivity contribution in [1.29, 1.82) is 0 Å². The molecule has 0 aromatic rings. The van der Waals surface area contributed by atoms with Crippen LogP contribution in [0, 0.1) is 17.8 Å². The predicted octanol–water partition coefficient (Wildman–Crippen LogP) is 6.01. The quantitative estimate of drug-likeness (QED) is 0.423. The molecule has 0 bridgehead atoms. The van der Waals surface area contributed by atoms with Crippen molar-refractivity contribution in [2.45, 2.75) is 92.4 Å². The molecular weight excluding hydrogens is 232 g/mol. The molecule has 0 saturated heterocycles. The minimum Gasteiger partial charge on any atom is -0.300 e. The van der Waals surface area contributed by atoms with Crippen LogP contribution < -0.4 is 0 Å². The minimum absolute atomic E-state index is 0.338. The van der Waals surface area contributed by atoms with Gasteiger partial charge in [0.05, 0.1) is 0 Å². The molecule has 0 aromatic carbocycles. The fourth-order valence-corrected chi connectivity index (χ4v) is 2.57. The van der Waals surface area contributed by atoms with Crippen molar-refractivity contribution in [2.24, 2.45) is 17.8 Å². The Kier molecular flexibility index (Phi) is 11.3. The molecule has 0 aliphatic heterocycles. The van der Waals surface area contributed by atoms with E-state index >= 15 is 0 Å². The normalized spacial score (nSPS) is 16.1. The summed E-state index contributed by atoms with van der Waals surface area (Å²) in [6, 6.07) is 0. The summed E-state index contributed by atoms with van der Waals surface area (Å²) in [6.45, 7) is 11.0. The number of carbonyl (C=O) groups is 1. The van der Waals surface area contributed by atoms with E-state index in [1.807, 2.05) is 0 Å². The molecule has 0 rings (SSSR count). The maximum Gasteiger partial charge on any atom is 0.129 e. The van der Waals surface area contributed by atoms with E-state index in [-0.39, 0.29) is 0 Å². The zero-order valence-corrected chi connectivity index (χ0v) is 14.0. The van der Waals surface area contributed by atoms with E-state index in [1.165, 1.54) is 44.9 Å². The van der Waals surface area contributed by atoms with Crippen molar-refractivity contribution in [3.05, 3.63) is 0 Å². The van der Waals surface area contributed by atoms with E-state index in [0.29, 0.717) is 5.78 Å². The molecule has 0 N–H and O–H groups in total. The molecule has 3 unspecified atom stereocenters. The Morgan fingerprint density at radius 2 is 1.21 bits per heavy atom. The van der Waals surface area contributed by atoms with Crippen LogP contribution in [0.1, 0.15) is 92.4 Å². The van der Waals surface area contributed by atoms with Crippen molar-refractivity contribution in [3.8, 4) is 0 Å². The van der Waals surface area contributed by atoms with Crippen LogP contribution in [0.5, 0.6) is 0 Å².